The number of allylic oxidation sites excluding steroid dienone is 3. The molecule has 5 aliphatic carbocycles. The van der Waals surface area contributed by atoms with Gasteiger partial charge >= 0.3 is 23.9 Å². The zero-order valence-electron chi connectivity index (χ0n) is 32.2. The molecule has 5 aliphatic rings. The lowest BCUT2D eigenvalue weighted by Crippen LogP contribution is -2.63. The highest BCUT2D eigenvalue weighted by Gasteiger charge is 2.67. The quantitative estimate of drug-likeness (QED) is 0.282. The minimum Gasteiger partial charge on any atom is -0.478 e. The lowest BCUT2D eigenvalue weighted by molar-refractivity contribution is -0.183. The first-order valence-corrected chi connectivity index (χ1v) is 19.3. The summed E-state index contributed by atoms with van der Waals surface area (Å²) >= 11 is 0. The third kappa shape index (κ3) is 5.60. The minimum atomic E-state index is -1.15. The van der Waals surface area contributed by atoms with Crippen LogP contribution in [0.4, 0.5) is 0 Å². The molecule has 282 valence electrons. The number of rotatable bonds is 6. The smallest absolute Gasteiger partial charge is 0.339 e. The van der Waals surface area contributed by atoms with Crippen LogP contribution in [0.25, 0.3) is 0 Å². The van der Waals surface area contributed by atoms with Crippen LogP contribution >= 0.6 is 0 Å². The molecule has 0 aliphatic heterocycles. The number of carbonyl (C=O) groups is 4. The molecular weight excluding hydrogens is 668 g/mol. The van der Waals surface area contributed by atoms with Gasteiger partial charge in [0.1, 0.15) is 11.7 Å². The van der Waals surface area contributed by atoms with Crippen LogP contribution in [0.3, 0.4) is 0 Å². The van der Waals surface area contributed by atoms with Crippen molar-refractivity contribution in [2.75, 3.05) is 0 Å². The van der Waals surface area contributed by atoms with E-state index in [1.54, 1.807) is 24.3 Å². The van der Waals surface area contributed by atoms with Gasteiger partial charge in [0.2, 0.25) is 0 Å². The Morgan fingerprint density at radius 3 is 1.85 bits per heavy atom. The Kier molecular flexibility index (Phi) is 8.70. The number of carboxylic acid groups (broad SMARTS) is 2. The second kappa shape index (κ2) is 12.4. The first-order valence-electron chi connectivity index (χ1n) is 19.3. The number of hydrogen-bond acceptors (Lipinski definition) is 6. The summed E-state index contributed by atoms with van der Waals surface area (Å²) in [6.07, 6.45) is 12.5. The number of ether oxygens (including phenoxy) is 2. The average molecular weight is 723 g/mol. The van der Waals surface area contributed by atoms with E-state index in [0.29, 0.717) is 25.2 Å². The number of fused-ring (bicyclic) bond motifs is 6. The molecule has 8 nitrogen and oxygen atoms in total. The normalized spacial score (nSPS) is 36.9. The van der Waals surface area contributed by atoms with Crippen molar-refractivity contribution in [2.45, 2.75) is 118 Å². The van der Waals surface area contributed by atoms with Crippen LogP contribution < -0.4 is 0 Å². The standard InChI is InChI=1S/C45H54O8/c1-40(2)33-18-21-45(7)34(43(33,5)20-19-35(40)52-38(50)29-14-10-8-12-27(29)36(46)47)17-16-31-32-26-42(4,24-22-41(32,3)23-25-44(31,45)6)53-39(51)30-15-11-9-13-28(30)37(48)49/h8-17,33-35H,18-26H2,1-7H3,(H,46,47)(H,48,49)/t33?,34-,35+,41+,42?,43+,44-,45-/m1/s1. The van der Waals surface area contributed by atoms with Crippen LogP contribution in [-0.4, -0.2) is 45.8 Å². The third-order valence-electron chi connectivity index (χ3n) is 15.5. The van der Waals surface area contributed by atoms with E-state index in [2.05, 4.69) is 53.7 Å². The van der Waals surface area contributed by atoms with Crippen molar-refractivity contribution in [1.82, 2.24) is 0 Å². The maximum atomic E-state index is 13.5. The van der Waals surface area contributed by atoms with Crippen molar-refractivity contribution in [3.63, 3.8) is 0 Å². The fourth-order valence-electron chi connectivity index (χ4n) is 12.1. The number of esters is 2. The van der Waals surface area contributed by atoms with E-state index in [1.165, 1.54) is 35.4 Å². The summed E-state index contributed by atoms with van der Waals surface area (Å²) in [4.78, 5) is 50.7. The van der Waals surface area contributed by atoms with Gasteiger partial charge in [0.25, 0.3) is 0 Å². The lowest BCUT2D eigenvalue weighted by Gasteiger charge is -2.69. The van der Waals surface area contributed by atoms with E-state index in [4.69, 9.17) is 9.47 Å². The molecule has 8 heteroatoms. The van der Waals surface area contributed by atoms with Crippen molar-refractivity contribution >= 4 is 23.9 Å². The van der Waals surface area contributed by atoms with Gasteiger partial charge < -0.3 is 19.7 Å². The Hall–Kier alpha value is -4.20. The summed E-state index contributed by atoms with van der Waals surface area (Å²) in [5.74, 6) is -2.87. The van der Waals surface area contributed by atoms with Crippen molar-refractivity contribution < 1.29 is 38.9 Å². The first kappa shape index (κ1) is 37.1. The van der Waals surface area contributed by atoms with E-state index in [-0.39, 0.29) is 61.4 Å². The largest absolute Gasteiger partial charge is 0.478 e. The highest BCUT2D eigenvalue weighted by Crippen LogP contribution is 2.74. The summed E-state index contributed by atoms with van der Waals surface area (Å²) in [5.41, 5.74) is 1.59. The molecule has 0 aromatic heterocycles. The summed E-state index contributed by atoms with van der Waals surface area (Å²) in [7, 11) is 0. The van der Waals surface area contributed by atoms with Crippen LogP contribution in [0.2, 0.25) is 0 Å². The van der Waals surface area contributed by atoms with E-state index in [0.717, 1.165) is 38.5 Å². The second-order valence-corrected chi connectivity index (χ2v) is 18.6. The number of aromatic carboxylic acids is 2. The predicted molar refractivity (Wildman–Crippen MR) is 201 cm³/mol. The molecule has 2 aromatic rings. The lowest BCUT2D eigenvalue weighted by atomic mass is 9.35. The Morgan fingerprint density at radius 2 is 1.25 bits per heavy atom. The van der Waals surface area contributed by atoms with Gasteiger partial charge in [-0.05, 0) is 122 Å². The van der Waals surface area contributed by atoms with Crippen molar-refractivity contribution in [1.29, 1.82) is 0 Å². The van der Waals surface area contributed by atoms with E-state index >= 15 is 0 Å². The monoisotopic (exact) mass is 722 g/mol. The maximum absolute atomic E-state index is 13.5. The van der Waals surface area contributed by atoms with Crippen LogP contribution in [0.5, 0.6) is 0 Å². The summed E-state index contributed by atoms with van der Waals surface area (Å²) in [5, 5.41) is 19.4. The molecule has 3 saturated carbocycles. The molecule has 0 amide bonds. The second-order valence-electron chi connectivity index (χ2n) is 18.6. The zero-order valence-corrected chi connectivity index (χ0v) is 32.2. The fourth-order valence-corrected chi connectivity index (χ4v) is 12.1. The van der Waals surface area contributed by atoms with Crippen molar-refractivity contribution in [2.24, 2.45) is 38.9 Å². The minimum absolute atomic E-state index is 0.00242. The molecule has 53 heavy (non-hydrogen) atoms. The Bertz CT molecular complexity index is 1960. The molecule has 0 bridgehead atoms. The van der Waals surface area contributed by atoms with E-state index in [9.17, 15) is 29.4 Å². The van der Waals surface area contributed by atoms with Gasteiger partial charge in [-0.3, -0.25) is 0 Å². The molecule has 0 heterocycles. The zero-order chi connectivity index (χ0) is 38.4. The summed E-state index contributed by atoms with van der Waals surface area (Å²) < 4.78 is 12.5. The fraction of sp³-hybridized carbons (Fsp3) is 0.556. The van der Waals surface area contributed by atoms with Gasteiger partial charge in [-0.25, -0.2) is 19.2 Å². The topological polar surface area (TPSA) is 127 Å². The Balaban J connectivity index is 1.18. The highest BCUT2D eigenvalue weighted by molar-refractivity contribution is 6.03. The molecule has 0 spiro atoms. The van der Waals surface area contributed by atoms with Gasteiger partial charge in [0, 0.05) is 11.8 Å². The van der Waals surface area contributed by atoms with Crippen LogP contribution in [0.1, 0.15) is 148 Å². The van der Waals surface area contributed by atoms with Gasteiger partial charge in [-0.15, -0.1) is 0 Å². The molecule has 0 saturated heterocycles. The summed E-state index contributed by atoms with van der Waals surface area (Å²) in [6.45, 7) is 16.2. The Morgan fingerprint density at radius 1 is 0.679 bits per heavy atom. The average Bonchev–Trinajstić information content (AvgIpc) is 3.10. The number of benzene rings is 2. The van der Waals surface area contributed by atoms with Gasteiger partial charge in [0.05, 0.1) is 22.3 Å². The first-order chi connectivity index (χ1) is 24.8. The number of carbonyl (C=O) groups excluding carboxylic acids is 2. The SMILES string of the molecule is CC1(OC(=O)c2ccccc2C(=O)O)CC[C@@]2(C)CC[C@]3(C)C(=C2C1)C=C[C@@H]1[C@@]2(C)CC[C@H](OC(=O)c4ccccc4C(=O)O)C(C)(C)C2CC[C@]13C. The predicted octanol–water partition coefficient (Wildman–Crippen LogP) is 9.94. The van der Waals surface area contributed by atoms with Crippen LogP contribution in [0.15, 0.2) is 71.8 Å². The molecule has 7 rings (SSSR count). The van der Waals surface area contributed by atoms with Gasteiger partial charge in [-0.2, -0.15) is 0 Å². The Labute approximate surface area is 313 Å². The number of carboxylic acids is 2. The molecule has 0 radical (unpaired) electrons. The maximum Gasteiger partial charge on any atom is 0.339 e. The van der Waals surface area contributed by atoms with Crippen molar-refractivity contribution in [3.8, 4) is 0 Å². The molecule has 8 atom stereocenters. The van der Waals surface area contributed by atoms with Gasteiger partial charge in [-0.1, -0.05) is 83.5 Å². The van der Waals surface area contributed by atoms with Crippen molar-refractivity contribution in [3.05, 3.63) is 94.1 Å². The summed E-state index contributed by atoms with van der Waals surface area (Å²) in [6, 6.07) is 12.5. The third-order valence-corrected chi connectivity index (χ3v) is 15.5. The van der Waals surface area contributed by atoms with Gasteiger partial charge in [0.15, 0.2) is 0 Å². The van der Waals surface area contributed by atoms with E-state index in [1.807, 2.05) is 6.92 Å². The highest BCUT2D eigenvalue weighted by atomic mass is 16.6. The van der Waals surface area contributed by atoms with Crippen LogP contribution in [0, 0.1) is 38.9 Å². The molecule has 2 aromatic carbocycles. The molecule has 3 fully saturated rings. The van der Waals surface area contributed by atoms with Crippen LogP contribution in [-0.2, 0) is 9.47 Å². The molecule has 2 N–H and O–H groups in total. The molecular formula is C45H54O8. The van der Waals surface area contributed by atoms with E-state index < -0.39 is 29.5 Å². The molecule has 2 unspecified atom stereocenters. The number of hydrogen-bond donors (Lipinski definition) is 2.